The molecule has 0 saturated heterocycles. The standard InChI is InChI=1S/C10H13F2NO/c1-6-9(11)3-2-7(10(6)12)4-8(13)5-14/h2-3,8,14H,4-5,13H2,1H3. The van der Waals surface area contributed by atoms with Crippen molar-refractivity contribution in [1.29, 1.82) is 0 Å². The lowest BCUT2D eigenvalue weighted by Gasteiger charge is -2.10. The van der Waals surface area contributed by atoms with E-state index in [1.165, 1.54) is 19.1 Å². The summed E-state index contributed by atoms with van der Waals surface area (Å²) in [4.78, 5) is 0. The first-order valence-electron chi connectivity index (χ1n) is 4.36. The van der Waals surface area contributed by atoms with Gasteiger partial charge in [-0.1, -0.05) is 6.07 Å². The van der Waals surface area contributed by atoms with Crippen molar-refractivity contribution in [1.82, 2.24) is 0 Å². The van der Waals surface area contributed by atoms with E-state index in [1.807, 2.05) is 0 Å². The van der Waals surface area contributed by atoms with Gasteiger partial charge in [-0.05, 0) is 25.0 Å². The molecular formula is C10H13F2NO. The van der Waals surface area contributed by atoms with E-state index >= 15 is 0 Å². The lowest BCUT2D eigenvalue weighted by molar-refractivity contribution is 0.264. The fourth-order valence-electron chi connectivity index (χ4n) is 1.22. The monoisotopic (exact) mass is 201 g/mol. The van der Waals surface area contributed by atoms with E-state index in [4.69, 9.17) is 10.8 Å². The molecule has 14 heavy (non-hydrogen) atoms. The molecule has 0 amide bonds. The molecule has 1 aromatic rings. The van der Waals surface area contributed by atoms with Crippen molar-refractivity contribution in [3.8, 4) is 0 Å². The first kappa shape index (κ1) is 11.1. The van der Waals surface area contributed by atoms with E-state index in [0.29, 0.717) is 5.56 Å². The molecule has 0 spiro atoms. The molecule has 0 fully saturated rings. The van der Waals surface area contributed by atoms with Gasteiger partial charge in [-0.15, -0.1) is 0 Å². The third kappa shape index (κ3) is 2.27. The second kappa shape index (κ2) is 4.48. The predicted molar refractivity (Wildman–Crippen MR) is 49.9 cm³/mol. The highest BCUT2D eigenvalue weighted by Gasteiger charge is 2.11. The van der Waals surface area contributed by atoms with E-state index in [9.17, 15) is 8.78 Å². The van der Waals surface area contributed by atoms with Crippen LogP contribution in [0.3, 0.4) is 0 Å². The molecule has 78 valence electrons. The van der Waals surface area contributed by atoms with Crippen molar-refractivity contribution < 1.29 is 13.9 Å². The summed E-state index contributed by atoms with van der Waals surface area (Å²) in [6, 6.07) is 2.06. The van der Waals surface area contributed by atoms with Crippen LogP contribution in [0.1, 0.15) is 11.1 Å². The van der Waals surface area contributed by atoms with E-state index in [1.54, 1.807) is 0 Å². The maximum Gasteiger partial charge on any atom is 0.132 e. The van der Waals surface area contributed by atoms with Crippen molar-refractivity contribution in [2.24, 2.45) is 5.73 Å². The number of aliphatic hydroxyl groups excluding tert-OH is 1. The number of hydrogen-bond donors (Lipinski definition) is 2. The molecular weight excluding hydrogens is 188 g/mol. The van der Waals surface area contributed by atoms with Crippen molar-refractivity contribution in [2.75, 3.05) is 6.61 Å². The first-order chi connectivity index (χ1) is 6.56. The van der Waals surface area contributed by atoms with Gasteiger partial charge in [0.2, 0.25) is 0 Å². The minimum Gasteiger partial charge on any atom is -0.395 e. The Hall–Kier alpha value is -1.00. The van der Waals surface area contributed by atoms with Gasteiger partial charge in [-0.25, -0.2) is 8.78 Å². The zero-order valence-corrected chi connectivity index (χ0v) is 7.93. The topological polar surface area (TPSA) is 46.2 Å². The summed E-state index contributed by atoms with van der Waals surface area (Å²) in [6.45, 7) is 1.16. The lowest BCUT2D eigenvalue weighted by Crippen LogP contribution is -2.27. The Morgan fingerprint density at radius 1 is 1.43 bits per heavy atom. The number of hydrogen-bond acceptors (Lipinski definition) is 2. The maximum atomic E-state index is 13.4. The van der Waals surface area contributed by atoms with Crippen LogP contribution in [0.15, 0.2) is 12.1 Å². The predicted octanol–water partition coefficient (Wildman–Crippen LogP) is 1.14. The van der Waals surface area contributed by atoms with Crippen LogP contribution in [0.4, 0.5) is 8.78 Å². The SMILES string of the molecule is Cc1c(F)ccc(CC(N)CO)c1F. The molecule has 1 rings (SSSR count). The summed E-state index contributed by atoms with van der Waals surface area (Å²) in [7, 11) is 0. The van der Waals surface area contributed by atoms with Crippen LogP contribution in [-0.4, -0.2) is 17.8 Å². The molecule has 1 aromatic carbocycles. The molecule has 3 N–H and O–H groups in total. The fourth-order valence-corrected chi connectivity index (χ4v) is 1.22. The van der Waals surface area contributed by atoms with Crippen LogP contribution in [-0.2, 0) is 6.42 Å². The Bertz CT molecular complexity index is 328. The molecule has 0 aromatic heterocycles. The second-order valence-corrected chi connectivity index (χ2v) is 3.29. The summed E-state index contributed by atoms with van der Waals surface area (Å²) in [6.07, 6.45) is 0.212. The third-order valence-corrected chi connectivity index (χ3v) is 2.12. The summed E-state index contributed by atoms with van der Waals surface area (Å²) in [5.41, 5.74) is 5.78. The number of halogens is 2. The average Bonchev–Trinajstić information content (AvgIpc) is 2.19. The molecule has 0 aliphatic carbocycles. The van der Waals surface area contributed by atoms with Crippen LogP contribution < -0.4 is 5.73 Å². The van der Waals surface area contributed by atoms with Gasteiger partial charge in [0.15, 0.2) is 0 Å². The van der Waals surface area contributed by atoms with Crippen LogP contribution >= 0.6 is 0 Å². The van der Waals surface area contributed by atoms with Gasteiger partial charge in [-0.3, -0.25) is 0 Å². The van der Waals surface area contributed by atoms with Crippen LogP contribution in [0.2, 0.25) is 0 Å². The summed E-state index contributed by atoms with van der Waals surface area (Å²) < 4.78 is 26.2. The van der Waals surface area contributed by atoms with Crippen LogP contribution in [0.25, 0.3) is 0 Å². The minimum absolute atomic E-state index is 0.00682. The Morgan fingerprint density at radius 2 is 2.07 bits per heavy atom. The van der Waals surface area contributed by atoms with Gasteiger partial charge in [0.1, 0.15) is 11.6 Å². The number of aliphatic hydroxyl groups is 1. The number of benzene rings is 1. The molecule has 0 heterocycles. The molecule has 1 unspecified atom stereocenters. The largest absolute Gasteiger partial charge is 0.395 e. The molecule has 0 aliphatic rings. The average molecular weight is 201 g/mol. The van der Waals surface area contributed by atoms with Gasteiger partial charge >= 0.3 is 0 Å². The van der Waals surface area contributed by atoms with E-state index in [0.717, 1.165) is 0 Å². The molecule has 4 heteroatoms. The summed E-state index contributed by atoms with van der Waals surface area (Å²) in [5.74, 6) is -1.14. The van der Waals surface area contributed by atoms with Crippen molar-refractivity contribution in [3.63, 3.8) is 0 Å². The molecule has 0 saturated carbocycles. The smallest absolute Gasteiger partial charge is 0.132 e. The van der Waals surface area contributed by atoms with Gasteiger partial charge in [-0.2, -0.15) is 0 Å². The van der Waals surface area contributed by atoms with Crippen molar-refractivity contribution in [2.45, 2.75) is 19.4 Å². The molecule has 0 aliphatic heterocycles. The molecule has 2 nitrogen and oxygen atoms in total. The zero-order chi connectivity index (χ0) is 10.7. The van der Waals surface area contributed by atoms with Gasteiger partial charge < -0.3 is 10.8 Å². The summed E-state index contributed by atoms with van der Waals surface area (Å²) >= 11 is 0. The van der Waals surface area contributed by atoms with Gasteiger partial charge in [0.05, 0.1) is 6.61 Å². The number of nitrogens with two attached hydrogens (primary N) is 1. The van der Waals surface area contributed by atoms with Gasteiger partial charge in [0.25, 0.3) is 0 Å². The Labute approximate surface area is 81.4 Å². The minimum atomic E-state index is -0.575. The molecule has 0 radical (unpaired) electrons. The molecule has 1 atom stereocenters. The van der Waals surface area contributed by atoms with Crippen molar-refractivity contribution in [3.05, 3.63) is 34.9 Å². The molecule has 0 bridgehead atoms. The highest BCUT2D eigenvalue weighted by atomic mass is 19.1. The van der Waals surface area contributed by atoms with Crippen LogP contribution in [0, 0.1) is 18.6 Å². The van der Waals surface area contributed by atoms with Crippen molar-refractivity contribution >= 4 is 0 Å². The van der Waals surface area contributed by atoms with Gasteiger partial charge in [0, 0.05) is 11.6 Å². The number of rotatable bonds is 3. The Balaban J connectivity index is 2.94. The lowest BCUT2D eigenvalue weighted by atomic mass is 10.0. The quantitative estimate of drug-likeness (QED) is 0.770. The first-order valence-corrected chi connectivity index (χ1v) is 4.36. The van der Waals surface area contributed by atoms with E-state index in [-0.39, 0.29) is 18.6 Å². The highest BCUT2D eigenvalue weighted by Crippen LogP contribution is 2.16. The van der Waals surface area contributed by atoms with E-state index < -0.39 is 17.7 Å². The zero-order valence-electron chi connectivity index (χ0n) is 7.93. The maximum absolute atomic E-state index is 13.4. The van der Waals surface area contributed by atoms with Crippen LogP contribution in [0.5, 0.6) is 0 Å². The third-order valence-electron chi connectivity index (χ3n) is 2.12. The normalized spacial score (nSPS) is 12.9. The Kier molecular flexibility index (Phi) is 3.55. The summed E-state index contributed by atoms with van der Waals surface area (Å²) in [5, 5.41) is 8.69. The van der Waals surface area contributed by atoms with E-state index in [2.05, 4.69) is 0 Å². The Morgan fingerprint density at radius 3 is 2.64 bits per heavy atom. The fraction of sp³-hybridized carbons (Fsp3) is 0.400. The second-order valence-electron chi connectivity index (χ2n) is 3.29. The highest BCUT2D eigenvalue weighted by molar-refractivity contribution is 5.27.